The van der Waals surface area contributed by atoms with Crippen LogP contribution in [0.2, 0.25) is 0 Å². The number of rotatable bonds is 7. The minimum absolute atomic E-state index is 0.506. The van der Waals surface area contributed by atoms with E-state index in [0.29, 0.717) is 23.6 Å². The van der Waals surface area contributed by atoms with E-state index < -0.39 is 0 Å². The van der Waals surface area contributed by atoms with E-state index in [9.17, 15) is 0 Å². The lowest BCUT2D eigenvalue weighted by atomic mass is 9.51. The van der Waals surface area contributed by atoms with E-state index in [4.69, 9.17) is 4.74 Å². The van der Waals surface area contributed by atoms with E-state index in [1.54, 1.807) is 0 Å². The first-order chi connectivity index (χ1) is 8.60. The molecule has 3 nitrogen and oxygen atoms in total. The molecule has 0 aromatic carbocycles. The Bertz CT molecular complexity index is 263. The smallest absolute Gasteiger partial charge is 0.0661 e. The lowest BCUT2D eigenvalue weighted by molar-refractivity contribution is -0.172. The largest absolute Gasteiger partial charge is 0.378 e. The molecule has 2 unspecified atom stereocenters. The molecule has 0 bridgehead atoms. The average Bonchev–Trinajstić information content (AvgIpc) is 2.23. The molecule has 0 aromatic rings. The summed E-state index contributed by atoms with van der Waals surface area (Å²) in [6, 6.07) is 1.35. The highest BCUT2D eigenvalue weighted by Gasteiger charge is 2.58. The first-order valence-corrected chi connectivity index (χ1v) is 7.65. The first-order valence-electron chi connectivity index (χ1n) is 7.65. The predicted octanol–water partition coefficient (Wildman–Crippen LogP) is 2.26. The van der Waals surface area contributed by atoms with Gasteiger partial charge in [0.2, 0.25) is 0 Å². The highest BCUT2D eigenvalue weighted by molar-refractivity contribution is 5.12. The summed E-state index contributed by atoms with van der Waals surface area (Å²) in [5, 5.41) is 3.76. The van der Waals surface area contributed by atoms with Crippen molar-refractivity contribution in [2.75, 3.05) is 26.7 Å². The van der Waals surface area contributed by atoms with Gasteiger partial charge in [-0.2, -0.15) is 0 Å². The van der Waals surface area contributed by atoms with Crippen molar-refractivity contribution in [1.82, 2.24) is 10.2 Å². The zero-order valence-electron chi connectivity index (χ0n) is 12.5. The number of nitrogens with one attached hydrogen (secondary N) is 1. The molecule has 0 radical (unpaired) electrons. The molecule has 2 saturated carbocycles. The van der Waals surface area contributed by atoms with E-state index in [0.717, 1.165) is 19.7 Å². The third-order valence-electron chi connectivity index (χ3n) is 5.17. The van der Waals surface area contributed by atoms with Gasteiger partial charge < -0.3 is 15.0 Å². The quantitative estimate of drug-likeness (QED) is 0.754. The van der Waals surface area contributed by atoms with Crippen molar-refractivity contribution in [3.8, 4) is 0 Å². The molecule has 2 rings (SSSR count). The average molecular weight is 254 g/mol. The number of hydrogen-bond acceptors (Lipinski definition) is 3. The van der Waals surface area contributed by atoms with Gasteiger partial charge in [0.1, 0.15) is 0 Å². The van der Waals surface area contributed by atoms with E-state index in [-0.39, 0.29) is 0 Å². The minimum Gasteiger partial charge on any atom is -0.378 e. The van der Waals surface area contributed by atoms with Crippen LogP contribution in [-0.2, 0) is 4.74 Å². The zero-order valence-corrected chi connectivity index (χ0v) is 12.5. The van der Waals surface area contributed by atoms with Gasteiger partial charge in [-0.05, 0) is 47.1 Å². The third-order valence-corrected chi connectivity index (χ3v) is 5.17. The Morgan fingerprint density at radius 1 is 1.39 bits per heavy atom. The molecule has 2 fully saturated rings. The maximum absolute atomic E-state index is 5.88. The predicted molar refractivity (Wildman–Crippen MR) is 75.9 cm³/mol. The molecule has 1 N–H and O–H groups in total. The van der Waals surface area contributed by atoms with Gasteiger partial charge in [0.15, 0.2) is 0 Å². The maximum atomic E-state index is 5.88. The number of ether oxygens (including phenoxy) is 1. The van der Waals surface area contributed by atoms with Crippen LogP contribution in [0.1, 0.15) is 46.5 Å². The Kier molecular flexibility index (Phi) is 4.68. The second-order valence-corrected chi connectivity index (χ2v) is 6.35. The summed E-state index contributed by atoms with van der Waals surface area (Å²) in [5.74, 6) is 0. The van der Waals surface area contributed by atoms with Crippen LogP contribution in [0.3, 0.4) is 0 Å². The van der Waals surface area contributed by atoms with Crippen molar-refractivity contribution in [3.63, 3.8) is 0 Å². The van der Waals surface area contributed by atoms with Gasteiger partial charge in [-0.15, -0.1) is 0 Å². The third kappa shape index (κ3) is 2.59. The van der Waals surface area contributed by atoms with Gasteiger partial charge in [-0.25, -0.2) is 0 Å². The van der Waals surface area contributed by atoms with Crippen molar-refractivity contribution in [1.29, 1.82) is 0 Å². The van der Waals surface area contributed by atoms with Gasteiger partial charge in [0, 0.05) is 37.2 Å². The molecule has 0 heterocycles. The van der Waals surface area contributed by atoms with Crippen LogP contribution in [0.25, 0.3) is 0 Å². The van der Waals surface area contributed by atoms with E-state index >= 15 is 0 Å². The monoisotopic (exact) mass is 254 g/mol. The molecule has 0 amide bonds. The number of hydrogen-bond donors (Lipinski definition) is 1. The van der Waals surface area contributed by atoms with Crippen LogP contribution in [0, 0.1) is 5.41 Å². The molecule has 0 aliphatic heterocycles. The molecular formula is C15H30N2O. The van der Waals surface area contributed by atoms with Crippen molar-refractivity contribution >= 4 is 0 Å². The van der Waals surface area contributed by atoms with Crippen LogP contribution in [0.15, 0.2) is 0 Å². The Hall–Kier alpha value is -0.120. The van der Waals surface area contributed by atoms with Crippen LogP contribution < -0.4 is 5.32 Å². The summed E-state index contributed by atoms with van der Waals surface area (Å²) < 4.78 is 5.88. The summed E-state index contributed by atoms with van der Waals surface area (Å²) in [6.45, 7) is 9.74. The Morgan fingerprint density at radius 2 is 2.11 bits per heavy atom. The maximum Gasteiger partial charge on any atom is 0.0661 e. The minimum atomic E-state index is 0.506. The van der Waals surface area contributed by atoms with E-state index in [1.807, 2.05) is 0 Å². The fraction of sp³-hybridized carbons (Fsp3) is 1.00. The lowest BCUT2D eigenvalue weighted by Crippen LogP contribution is -2.67. The molecule has 0 aromatic heterocycles. The molecule has 1 spiro atoms. The molecule has 2 aliphatic rings. The number of likely N-dealkylation sites (N-methyl/N-ethyl adjacent to an activating group) is 1. The summed E-state index contributed by atoms with van der Waals surface area (Å²) in [4.78, 5) is 2.40. The lowest BCUT2D eigenvalue weighted by Gasteiger charge is -2.61. The molecule has 18 heavy (non-hydrogen) atoms. The Balaban J connectivity index is 1.71. The molecule has 0 saturated heterocycles. The van der Waals surface area contributed by atoms with Gasteiger partial charge in [0.25, 0.3) is 0 Å². The van der Waals surface area contributed by atoms with E-state index in [2.05, 4.69) is 38.0 Å². The molecule has 2 atom stereocenters. The normalized spacial score (nSPS) is 29.7. The highest BCUT2D eigenvalue weighted by atomic mass is 16.5. The zero-order chi connectivity index (χ0) is 13.2. The fourth-order valence-electron chi connectivity index (χ4n) is 3.40. The number of nitrogens with zero attached hydrogens (tertiary/aromatic N) is 1. The highest BCUT2D eigenvalue weighted by Crippen LogP contribution is 2.57. The molecule has 2 aliphatic carbocycles. The van der Waals surface area contributed by atoms with E-state index in [1.165, 1.54) is 25.7 Å². The van der Waals surface area contributed by atoms with Crippen LogP contribution in [0.4, 0.5) is 0 Å². The van der Waals surface area contributed by atoms with Gasteiger partial charge >= 0.3 is 0 Å². The van der Waals surface area contributed by atoms with Crippen LogP contribution >= 0.6 is 0 Å². The van der Waals surface area contributed by atoms with Gasteiger partial charge in [0.05, 0.1) is 6.10 Å². The summed E-state index contributed by atoms with van der Waals surface area (Å²) >= 11 is 0. The van der Waals surface area contributed by atoms with Crippen LogP contribution in [-0.4, -0.2) is 49.8 Å². The Labute approximate surface area is 112 Å². The topological polar surface area (TPSA) is 24.5 Å². The van der Waals surface area contributed by atoms with Gasteiger partial charge in [-0.1, -0.05) is 6.42 Å². The molecule has 106 valence electrons. The van der Waals surface area contributed by atoms with Crippen molar-refractivity contribution in [2.45, 2.75) is 64.6 Å². The molecular weight excluding hydrogens is 224 g/mol. The second kappa shape index (κ2) is 5.89. The van der Waals surface area contributed by atoms with Crippen molar-refractivity contribution in [2.24, 2.45) is 5.41 Å². The van der Waals surface area contributed by atoms with Crippen LogP contribution in [0.5, 0.6) is 0 Å². The summed E-state index contributed by atoms with van der Waals surface area (Å²) in [7, 11) is 2.20. The van der Waals surface area contributed by atoms with Crippen molar-refractivity contribution in [3.05, 3.63) is 0 Å². The summed E-state index contributed by atoms with van der Waals surface area (Å²) in [5.41, 5.74) is 0.506. The van der Waals surface area contributed by atoms with Crippen molar-refractivity contribution < 1.29 is 4.74 Å². The fourth-order valence-corrected chi connectivity index (χ4v) is 3.40. The summed E-state index contributed by atoms with van der Waals surface area (Å²) in [6.07, 6.45) is 5.90. The standard InChI is InChI=1S/C15H30N2O/c1-5-18-14-11-13(15(14)7-6-8-15)16-9-10-17(4)12(2)3/h12-14,16H,5-11H2,1-4H3. The first kappa shape index (κ1) is 14.3. The van der Waals surface area contributed by atoms with Gasteiger partial charge in [-0.3, -0.25) is 0 Å². The Morgan fingerprint density at radius 3 is 2.61 bits per heavy atom. The second-order valence-electron chi connectivity index (χ2n) is 6.35. The SMILES string of the molecule is CCOC1CC(NCCN(C)C(C)C)C12CCC2. The molecule has 3 heteroatoms.